The third-order valence-corrected chi connectivity index (χ3v) is 5.65. The number of methoxy groups -OCH3 is 2. The molecule has 2 aromatic heterocycles. The number of ether oxygens (including phenoxy) is 2. The van der Waals surface area contributed by atoms with E-state index in [2.05, 4.69) is 15.3 Å². The average Bonchev–Trinajstić information content (AvgIpc) is 3.18. The molecule has 146 valence electrons. The van der Waals surface area contributed by atoms with Gasteiger partial charge in [-0.15, -0.1) is 0 Å². The van der Waals surface area contributed by atoms with Crippen molar-refractivity contribution in [3.63, 3.8) is 0 Å². The number of anilines is 1. The Balaban J connectivity index is 1.71. The van der Waals surface area contributed by atoms with Crippen molar-refractivity contribution in [1.29, 1.82) is 0 Å². The molecule has 0 atom stereocenters. The van der Waals surface area contributed by atoms with Crippen molar-refractivity contribution in [1.82, 2.24) is 9.97 Å². The molecule has 0 saturated carbocycles. The lowest BCUT2D eigenvalue weighted by atomic mass is 10.1. The minimum atomic E-state index is -0.300. The molecule has 2 heterocycles. The van der Waals surface area contributed by atoms with Crippen molar-refractivity contribution >= 4 is 33.3 Å². The number of hydrogen-bond donors (Lipinski definition) is 1. The van der Waals surface area contributed by atoms with Crippen molar-refractivity contribution < 1.29 is 14.3 Å². The Labute approximate surface area is 172 Å². The van der Waals surface area contributed by atoms with Crippen LogP contribution in [0.5, 0.6) is 11.5 Å². The highest BCUT2D eigenvalue weighted by molar-refractivity contribution is 7.21. The van der Waals surface area contributed by atoms with Gasteiger partial charge in [0.2, 0.25) is 0 Å². The summed E-state index contributed by atoms with van der Waals surface area (Å²) in [6, 6.07) is 14.8. The summed E-state index contributed by atoms with van der Waals surface area (Å²) < 4.78 is 10.7. The first-order chi connectivity index (χ1) is 14.1. The Morgan fingerprint density at radius 2 is 1.72 bits per heavy atom. The number of benzene rings is 2. The van der Waals surface area contributed by atoms with Crippen molar-refractivity contribution in [2.24, 2.45) is 0 Å². The van der Waals surface area contributed by atoms with Crippen molar-refractivity contribution in [3.05, 3.63) is 65.9 Å². The molecule has 0 spiro atoms. The van der Waals surface area contributed by atoms with E-state index < -0.39 is 0 Å². The zero-order chi connectivity index (χ0) is 20.4. The minimum Gasteiger partial charge on any atom is -0.496 e. The molecule has 0 saturated heterocycles. The van der Waals surface area contributed by atoms with Gasteiger partial charge in [-0.25, -0.2) is 9.97 Å². The normalized spacial score (nSPS) is 10.7. The predicted octanol–water partition coefficient (Wildman–Crippen LogP) is 4.94. The van der Waals surface area contributed by atoms with Crippen LogP contribution in [-0.4, -0.2) is 30.1 Å². The average molecular weight is 405 g/mol. The molecule has 0 unspecified atom stereocenters. The molecule has 7 heteroatoms. The smallest absolute Gasteiger partial charge is 0.263 e. The van der Waals surface area contributed by atoms with E-state index in [1.54, 1.807) is 24.4 Å². The largest absolute Gasteiger partial charge is 0.496 e. The number of pyridine rings is 1. The predicted molar refractivity (Wildman–Crippen MR) is 115 cm³/mol. The van der Waals surface area contributed by atoms with Gasteiger partial charge in [-0.2, -0.15) is 0 Å². The monoisotopic (exact) mass is 405 g/mol. The highest BCUT2D eigenvalue weighted by Gasteiger charge is 2.20. The summed E-state index contributed by atoms with van der Waals surface area (Å²) in [7, 11) is 3.05. The molecule has 29 heavy (non-hydrogen) atoms. The van der Waals surface area contributed by atoms with E-state index in [-0.39, 0.29) is 5.91 Å². The second-order valence-corrected chi connectivity index (χ2v) is 7.29. The maximum atomic E-state index is 13.0. The number of nitrogens with zero attached hydrogens (tertiary/aromatic N) is 2. The third-order valence-electron chi connectivity index (χ3n) is 4.63. The van der Waals surface area contributed by atoms with Gasteiger partial charge in [0, 0.05) is 17.4 Å². The molecule has 0 fully saturated rings. The fourth-order valence-electron chi connectivity index (χ4n) is 3.15. The lowest BCUT2D eigenvalue weighted by molar-refractivity contribution is 0.102. The summed E-state index contributed by atoms with van der Waals surface area (Å²) in [5.74, 6) is 0.603. The first-order valence-corrected chi connectivity index (χ1v) is 9.78. The highest BCUT2D eigenvalue weighted by atomic mass is 32.1. The Morgan fingerprint density at radius 3 is 2.41 bits per heavy atom. The zero-order valence-electron chi connectivity index (χ0n) is 16.2. The number of thiazole rings is 1. The fraction of sp³-hybridized carbons (Fsp3) is 0.136. The lowest BCUT2D eigenvalue weighted by Crippen LogP contribution is -2.15. The standard InChI is InChI=1S/C22H19N3O3S/c1-13-14(21-25-16-9-6-12-23-22(16)29-21)7-4-8-15(13)24-20(26)19-17(27-2)10-5-11-18(19)28-3/h4-12H,1-3H3,(H,24,26). The number of nitrogens with one attached hydrogen (secondary N) is 1. The van der Waals surface area contributed by atoms with E-state index in [0.717, 1.165) is 26.5 Å². The molecule has 0 aliphatic rings. The molecular weight excluding hydrogens is 386 g/mol. The molecule has 4 aromatic rings. The van der Waals surface area contributed by atoms with Crippen LogP contribution < -0.4 is 14.8 Å². The summed E-state index contributed by atoms with van der Waals surface area (Å²) in [5.41, 5.74) is 3.80. The van der Waals surface area contributed by atoms with E-state index in [1.165, 1.54) is 25.6 Å². The van der Waals surface area contributed by atoms with Gasteiger partial charge < -0.3 is 14.8 Å². The van der Waals surface area contributed by atoms with Crippen LogP contribution in [0.2, 0.25) is 0 Å². The minimum absolute atomic E-state index is 0.300. The molecule has 0 aliphatic heterocycles. The molecule has 6 nitrogen and oxygen atoms in total. The van der Waals surface area contributed by atoms with Crippen LogP contribution in [0, 0.1) is 6.92 Å². The first-order valence-electron chi connectivity index (χ1n) is 8.96. The van der Waals surface area contributed by atoms with Crippen LogP contribution in [0.25, 0.3) is 20.9 Å². The van der Waals surface area contributed by atoms with Gasteiger partial charge in [-0.1, -0.05) is 29.5 Å². The number of fused-ring (bicyclic) bond motifs is 1. The lowest BCUT2D eigenvalue weighted by Gasteiger charge is -2.15. The summed E-state index contributed by atoms with van der Waals surface area (Å²) in [6.07, 6.45) is 1.76. The molecular formula is C22H19N3O3S. The van der Waals surface area contributed by atoms with Crippen molar-refractivity contribution in [2.75, 3.05) is 19.5 Å². The van der Waals surface area contributed by atoms with Gasteiger partial charge in [0.05, 0.1) is 14.2 Å². The van der Waals surface area contributed by atoms with E-state index in [1.807, 2.05) is 37.3 Å². The van der Waals surface area contributed by atoms with E-state index in [9.17, 15) is 4.79 Å². The number of rotatable bonds is 5. The molecule has 4 rings (SSSR count). The van der Waals surface area contributed by atoms with Gasteiger partial charge >= 0.3 is 0 Å². The van der Waals surface area contributed by atoms with E-state index in [0.29, 0.717) is 22.7 Å². The van der Waals surface area contributed by atoms with Crippen LogP contribution in [0.3, 0.4) is 0 Å². The Hall–Kier alpha value is -3.45. The number of carbonyl (C=O) groups excluding carboxylic acids is 1. The second kappa shape index (κ2) is 7.89. The van der Waals surface area contributed by atoms with Crippen molar-refractivity contribution in [3.8, 4) is 22.1 Å². The molecule has 1 amide bonds. The third kappa shape index (κ3) is 3.52. The summed E-state index contributed by atoms with van der Waals surface area (Å²) >= 11 is 1.53. The Kier molecular flexibility index (Phi) is 5.14. The number of hydrogen-bond acceptors (Lipinski definition) is 6. The van der Waals surface area contributed by atoms with Gasteiger partial charge in [0.1, 0.15) is 32.4 Å². The second-order valence-electron chi connectivity index (χ2n) is 6.32. The maximum absolute atomic E-state index is 13.0. The summed E-state index contributed by atoms with van der Waals surface area (Å²) in [5, 5.41) is 3.85. The summed E-state index contributed by atoms with van der Waals surface area (Å²) in [4.78, 5) is 22.9. The number of aromatic nitrogens is 2. The first kappa shape index (κ1) is 18.9. The number of amides is 1. The molecule has 2 aromatic carbocycles. The molecule has 0 aliphatic carbocycles. The maximum Gasteiger partial charge on any atom is 0.263 e. The van der Waals surface area contributed by atoms with Crippen LogP contribution >= 0.6 is 11.3 Å². The quantitative estimate of drug-likeness (QED) is 0.509. The molecule has 1 N–H and O–H groups in total. The zero-order valence-corrected chi connectivity index (χ0v) is 17.0. The van der Waals surface area contributed by atoms with Crippen LogP contribution in [0.1, 0.15) is 15.9 Å². The van der Waals surface area contributed by atoms with Gasteiger partial charge in [0.15, 0.2) is 0 Å². The van der Waals surface area contributed by atoms with Crippen LogP contribution in [0.4, 0.5) is 5.69 Å². The van der Waals surface area contributed by atoms with Gasteiger partial charge in [-0.3, -0.25) is 4.79 Å². The SMILES string of the molecule is COc1cccc(OC)c1C(=O)Nc1cccc(-c2nc3cccnc3s2)c1C. The van der Waals surface area contributed by atoms with Gasteiger partial charge in [-0.05, 0) is 42.8 Å². The van der Waals surface area contributed by atoms with E-state index in [4.69, 9.17) is 9.47 Å². The molecule has 0 radical (unpaired) electrons. The van der Waals surface area contributed by atoms with E-state index >= 15 is 0 Å². The Morgan fingerprint density at radius 1 is 1.00 bits per heavy atom. The topological polar surface area (TPSA) is 73.3 Å². The Bertz CT molecular complexity index is 1150. The highest BCUT2D eigenvalue weighted by Crippen LogP contribution is 2.35. The van der Waals surface area contributed by atoms with Gasteiger partial charge in [0.25, 0.3) is 5.91 Å². The van der Waals surface area contributed by atoms with Crippen molar-refractivity contribution in [2.45, 2.75) is 6.92 Å². The fourth-order valence-corrected chi connectivity index (χ4v) is 4.14. The van der Waals surface area contributed by atoms with Crippen LogP contribution in [0.15, 0.2) is 54.7 Å². The summed E-state index contributed by atoms with van der Waals surface area (Å²) in [6.45, 7) is 1.96. The molecule has 0 bridgehead atoms. The number of carbonyl (C=O) groups is 1. The van der Waals surface area contributed by atoms with Crippen LogP contribution in [-0.2, 0) is 0 Å².